The summed E-state index contributed by atoms with van der Waals surface area (Å²) in [6, 6.07) is 17.6. The quantitative estimate of drug-likeness (QED) is 0.671. The van der Waals surface area contributed by atoms with Crippen LogP contribution in [0.4, 0.5) is 10.8 Å². The number of para-hydroxylation sites is 1. The molecule has 0 radical (unpaired) electrons. The van der Waals surface area contributed by atoms with Gasteiger partial charge in [-0.3, -0.25) is 4.79 Å². The lowest BCUT2D eigenvalue weighted by molar-refractivity contribution is 0.0943. The minimum absolute atomic E-state index is 0.110. The Bertz CT molecular complexity index is 907. The van der Waals surface area contributed by atoms with Crippen molar-refractivity contribution in [2.45, 2.75) is 19.9 Å². The van der Waals surface area contributed by atoms with Crippen molar-refractivity contribution in [1.29, 1.82) is 0 Å². The second kappa shape index (κ2) is 8.22. The van der Waals surface area contributed by atoms with E-state index in [1.54, 1.807) is 7.11 Å². The minimum Gasteiger partial charge on any atom is -0.497 e. The number of anilines is 2. The lowest BCUT2D eigenvalue weighted by Gasteiger charge is -2.15. The molecule has 3 aromatic rings. The SMILES string of the molecule is COc1ccc([C@@H](C)NC(=O)c2sc(N(C)c3ccccc3)nc2C)cc1. The van der Waals surface area contributed by atoms with Gasteiger partial charge in [0.25, 0.3) is 5.91 Å². The molecule has 0 bridgehead atoms. The van der Waals surface area contributed by atoms with Gasteiger partial charge in [-0.25, -0.2) is 4.98 Å². The minimum atomic E-state index is -0.111. The zero-order chi connectivity index (χ0) is 19.4. The van der Waals surface area contributed by atoms with Crippen LogP contribution in [-0.2, 0) is 0 Å². The van der Waals surface area contributed by atoms with Crippen molar-refractivity contribution in [2.75, 3.05) is 19.1 Å². The maximum Gasteiger partial charge on any atom is 0.263 e. The first-order chi connectivity index (χ1) is 13.0. The van der Waals surface area contributed by atoms with E-state index in [4.69, 9.17) is 4.74 Å². The fourth-order valence-corrected chi connectivity index (χ4v) is 3.69. The molecule has 0 saturated heterocycles. The molecule has 3 rings (SSSR count). The molecule has 1 N–H and O–H groups in total. The summed E-state index contributed by atoms with van der Waals surface area (Å²) in [5.74, 6) is 0.685. The summed E-state index contributed by atoms with van der Waals surface area (Å²) in [6.07, 6.45) is 0. The summed E-state index contributed by atoms with van der Waals surface area (Å²) in [7, 11) is 3.59. The molecule has 0 aliphatic heterocycles. The third-order valence-electron chi connectivity index (χ3n) is 4.39. The Balaban J connectivity index is 1.74. The van der Waals surface area contributed by atoms with Gasteiger partial charge in [0.15, 0.2) is 5.13 Å². The van der Waals surface area contributed by atoms with Gasteiger partial charge < -0.3 is 15.0 Å². The van der Waals surface area contributed by atoms with E-state index in [0.717, 1.165) is 27.8 Å². The Morgan fingerprint density at radius 3 is 2.44 bits per heavy atom. The molecule has 1 atom stereocenters. The Labute approximate surface area is 163 Å². The molecule has 27 heavy (non-hydrogen) atoms. The molecular weight excluding hydrogens is 358 g/mol. The predicted octanol–water partition coefficient (Wildman–Crippen LogP) is 4.72. The Hall–Kier alpha value is -2.86. The number of aryl methyl sites for hydroxylation is 1. The van der Waals surface area contributed by atoms with Crippen LogP contribution in [0.25, 0.3) is 0 Å². The number of hydrogen-bond acceptors (Lipinski definition) is 5. The van der Waals surface area contributed by atoms with Crippen molar-refractivity contribution in [3.63, 3.8) is 0 Å². The van der Waals surface area contributed by atoms with Gasteiger partial charge in [-0.15, -0.1) is 0 Å². The van der Waals surface area contributed by atoms with Crippen LogP contribution in [0.3, 0.4) is 0 Å². The maximum absolute atomic E-state index is 12.8. The van der Waals surface area contributed by atoms with Gasteiger partial charge >= 0.3 is 0 Å². The van der Waals surface area contributed by atoms with Crippen LogP contribution in [0.5, 0.6) is 5.75 Å². The molecule has 5 nitrogen and oxygen atoms in total. The topological polar surface area (TPSA) is 54.5 Å². The number of nitrogens with zero attached hydrogens (tertiary/aromatic N) is 2. The standard InChI is InChI=1S/C21H23N3O2S/c1-14(16-10-12-18(26-4)13-11-16)22-20(25)19-15(2)23-21(27-19)24(3)17-8-6-5-7-9-17/h5-14H,1-4H3,(H,22,25)/t14-/m1/s1. The summed E-state index contributed by atoms with van der Waals surface area (Å²) >= 11 is 1.40. The third-order valence-corrected chi connectivity index (χ3v) is 5.62. The lowest BCUT2D eigenvalue weighted by Crippen LogP contribution is -2.26. The normalized spacial score (nSPS) is 11.7. The highest BCUT2D eigenvalue weighted by Gasteiger charge is 2.20. The highest BCUT2D eigenvalue weighted by molar-refractivity contribution is 7.17. The smallest absolute Gasteiger partial charge is 0.263 e. The van der Waals surface area contributed by atoms with Gasteiger partial charge in [-0.1, -0.05) is 41.7 Å². The van der Waals surface area contributed by atoms with Gasteiger partial charge in [-0.2, -0.15) is 0 Å². The van der Waals surface area contributed by atoms with Crippen LogP contribution in [-0.4, -0.2) is 25.0 Å². The summed E-state index contributed by atoms with van der Waals surface area (Å²) in [5.41, 5.74) is 2.79. The number of benzene rings is 2. The Morgan fingerprint density at radius 1 is 1.15 bits per heavy atom. The van der Waals surface area contributed by atoms with E-state index >= 15 is 0 Å². The lowest BCUT2D eigenvalue weighted by atomic mass is 10.1. The average Bonchev–Trinajstić information content (AvgIpc) is 3.10. The van der Waals surface area contributed by atoms with Gasteiger partial charge in [0.2, 0.25) is 0 Å². The molecule has 0 saturated carbocycles. The number of nitrogens with one attached hydrogen (secondary N) is 1. The van der Waals surface area contributed by atoms with Crippen LogP contribution < -0.4 is 15.0 Å². The van der Waals surface area contributed by atoms with Crippen molar-refractivity contribution >= 4 is 28.1 Å². The maximum atomic E-state index is 12.8. The van der Waals surface area contributed by atoms with Crippen molar-refractivity contribution in [1.82, 2.24) is 10.3 Å². The average molecular weight is 382 g/mol. The van der Waals surface area contributed by atoms with E-state index in [9.17, 15) is 4.79 Å². The van der Waals surface area contributed by atoms with E-state index in [2.05, 4.69) is 10.3 Å². The second-order valence-corrected chi connectivity index (χ2v) is 7.25. The molecule has 1 aromatic heterocycles. The van der Waals surface area contributed by atoms with Crippen LogP contribution in [0.1, 0.15) is 33.9 Å². The van der Waals surface area contributed by atoms with E-state index in [1.165, 1.54) is 11.3 Å². The summed E-state index contributed by atoms with van der Waals surface area (Å²) < 4.78 is 5.18. The van der Waals surface area contributed by atoms with Gasteiger partial charge in [0, 0.05) is 12.7 Å². The zero-order valence-corrected chi connectivity index (χ0v) is 16.7. The number of ether oxygens (including phenoxy) is 1. The van der Waals surface area contributed by atoms with Crippen LogP contribution in [0.2, 0.25) is 0 Å². The second-order valence-electron chi connectivity index (χ2n) is 6.27. The molecule has 0 unspecified atom stereocenters. The number of aromatic nitrogens is 1. The summed E-state index contributed by atoms with van der Waals surface area (Å²) in [6.45, 7) is 3.83. The van der Waals surface area contributed by atoms with E-state index in [-0.39, 0.29) is 11.9 Å². The number of methoxy groups -OCH3 is 1. The zero-order valence-electron chi connectivity index (χ0n) is 15.9. The number of rotatable bonds is 6. The van der Waals surface area contributed by atoms with Crippen LogP contribution in [0, 0.1) is 6.92 Å². The molecule has 6 heteroatoms. The largest absolute Gasteiger partial charge is 0.497 e. The van der Waals surface area contributed by atoms with Gasteiger partial charge in [0.1, 0.15) is 10.6 Å². The van der Waals surface area contributed by atoms with E-state index < -0.39 is 0 Å². The Morgan fingerprint density at radius 2 is 1.81 bits per heavy atom. The molecule has 0 fully saturated rings. The van der Waals surface area contributed by atoms with Crippen molar-refractivity contribution in [3.8, 4) is 5.75 Å². The molecule has 0 aliphatic rings. The number of carbonyl (C=O) groups excluding carboxylic acids is 1. The van der Waals surface area contributed by atoms with Gasteiger partial charge in [0.05, 0.1) is 18.8 Å². The monoisotopic (exact) mass is 381 g/mol. The first kappa shape index (κ1) is 18.9. The molecular formula is C21H23N3O2S. The van der Waals surface area contributed by atoms with Crippen LogP contribution in [0.15, 0.2) is 54.6 Å². The Kier molecular flexibility index (Phi) is 5.76. The first-order valence-corrected chi connectivity index (χ1v) is 9.52. The molecule has 1 heterocycles. The van der Waals surface area contributed by atoms with Crippen molar-refractivity contribution in [2.24, 2.45) is 0 Å². The van der Waals surface area contributed by atoms with Gasteiger partial charge in [-0.05, 0) is 43.7 Å². The summed E-state index contributed by atoms with van der Waals surface area (Å²) in [5, 5.41) is 3.85. The molecule has 0 spiro atoms. The molecule has 1 amide bonds. The highest BCUT2D eigenvalue weighted by atomic mass is 32.1. The highest BCUT2D eigenvalue weighted by Crippen LogP contribution is 2.30. The van der Waals surface area contributed by atoms with E-state index in [1.807, 2.05) is 80.4 Å². The fourth-order valence-electron chi connectivity index (χ4n) is 2.74. The first-order valence-electron chi connectivity index (χ1n) is 8.70. The number of carbonyl (C=O) groups is 1. The molecule has 140 valence electrons. The number of amides is 1. The van der Waals surface area contributed by atoms with Crippen molar-refractivity contribution < 1.29 is 9.53 Å². The number of thiazole rings is 1. The molecule has 0 aliphatic carbocycles. The predicted molar refractivity (Wildman–Crippen MR) is 110 cm³/mol. The summed E-state index contributed by atoms with van der Waals surface area (Å²) in [4.78, 5) is 20.0. The fraction of sp³-hybridized carbons (Fsp3) is 0.238. The van der Waals surface area contributed by atoms with Crippen molar-refractivity contribution in [3.05, 3.63) is 70.7 Å². The van der Waals surface area contributed by atoms with Crippen LogP contribution >= 0.6 is 11.3 Å². The number of hydrogen-bond donors (Lipinski definition) is 1. The van der Waals surface area contributed by atoms with E-state index in [0.29, 0.717) is 4.88 Å². The third kappa shape index (κ3) is 4.28. The molecule has 2 aromatic carbocycles.